The molecule has 70 valence electrons. The van der Waals surface area contributed by atoms with Gasteiger partial charge >= 0.3 is 12.1 Å². The molecule has 0 aromatic heterocycles. The average molecular weight is 177 g/mol. The van der Waals surface area contributed by atoms with Crippen molar-refractivity contribution in [1.82, 2.24) is 5.32 Å². The zero-order valence-corrected chi connectivity index (χ0v) is 7.17. The highest BCUT2D eigenvalue weighted by Crippen LogP contribution is 2.05. The maximum absolute atomic E-state index is 10.9. The Hall–Kier alpha value is -1.26. The van der Waals surface area contributed by atoms with Crippen LogP contribution in [0.5, 0.6) is 0 Å². The van der Waals surface area contributed by atoms with Gasteiger partial charge in [0.05, 0.1) is 2.74 Å². The summed E-state index contributed by atoms with van der Waals surface area (Å²) in [6.45, 7) is 1.94. The van der Waals surface area contributed by atoms with Gasteiger partial charge in [-0.15, -0.1) is 0 Å². The fourth-order valence-electron chi connectivity index (χ4n) is 0.408. The lowest BCUT2D eigenvalue weighted by Gasteiger charge is -2.19. The number of amides is 1. The summed E-state index contributed by atoms with van der Waals surface area (Å²) in [4.78, 5) is 21.2. The van der Waals surface area contributed by atoms with Crippen LogP contribution in [0.15, 0.2) is 0 Å². The molecule has 0 aliphatic heterocycles. The molecular weight excluding hydrogens is 162 g/mol. The Morgan fingerprint density at radius 2 is 2.08 bits per heavy atom. The zero-order chi connectivity index (χ0) is 11.6. The molecule has 1 amide bonds. The Kier molecular flexibility index (Phi) is 2.43. The van der Waals surface area contributed by atoms with Crippen molar-refractivity contribution in [3.8, 4) is 0 Å². The molecule has 5 heteroatoms. The van der Waals surface area contributed by atoms with Gasteiger partial charge in [-0.05, 0) is 20.8 Å². The molecule has 0 fully saturated rings. The van der Waals surface area contributed by atoms with Crippen molar-refractivity contribution in [2.24, 2.45) is 0 Å². The van der Waals surface area contributed by atoms with E-state index in [-0.39, 0.29) is 0 Å². The summed E-state index contributed by atoms with van der Waals surface area (Å²) < 4.78 is 18.4. The number of hydrogen-bond donors (Lipinski definition) is 2. The second-order valence-corrected chi connectivity index (χ2v) is 3.06. The lowest BCUT2D eigenvalue weighted by atomic mass is 10.2. The molecule has 0 aliphatic rings. The van der Waals surface area contributed by atoms with E-state index < -0.39 is 24.2 Å². The molecule has 0 aromatic carbocycles. The van der Waals surface area contributed by atoms with Crippen molar-refractivity contribution >= 4 is 12.1 Å². The van der Waals surface area contributed by atoms with Crippen molar-refractivity contribution in [3.63, 3.8) is 0 Å². The minimum absolute atomic E-state index is 0.793. The summed E-state index contributed by atoms with van der Waals surface area (Å²) >= 11 is 0. The summed E-state index contributed by atoms with van der Waals surface area (Å²) in [5.41, 5.74) is -0.793. The predicted octanol–water partition coefficient (Wildman–Crippen LogP) is 0.596. The van der Waals surface area contributed by atoms with Crippen molar-refractivity contribution < 1.29 is 22.2 Å². The first-order chi connectivity index (χ1) is 6.04. The van der Waals surface area contributed by atoms with Crippen molar-refractivity contribution in [1.29, 1.82) is 0 Å². The van der Waals surface area contributed by atoms with Crippen molar-refractivity contribution in [3.05, 3.63) is 0 Å². The first-order valence-electron chi connectivity index (χ1n) is 4.29. The summed E-state index contributed by atoms with van der Waals surface area (Å²) in [6, 6.07) is 0. The SMILES string of the molecule is [2H]C([2H])(NC(=O)OC(C)(C)C)C(=O)O. The number of nitrogens with one attached hydrogen (secondary N) is 1. The highest BCUT2D eigenvalue weighted by atomic mass is 16.6. The van der Waals surface area contributed by atoms with Gasteiger partial charge in [0.15, 0.2) is 0 Å². The number of carboxylic acids is 1. The van der Waals surface area contributed by atoms with Gasteiger partial charge in [0.1, 0.15) is 12.1 Å². The van der Waals surface area contributed by atoms with E-state index in [1.807, 2.05) is 0 Å². The number of carbonyl (C=O) groups is 2. The minimum Gasteiger partial charge on any atom is -0.480 e. The smallest absolute Gasteiger partial charge is 0.408 e. The van der Waals surface area contributed by atoms with Crippen molar-refractivity contribution in [2.75, 3.05) is 6.50 Å². The summed E-state index contributed by atoms with van der Waals surface area (Å²) in [5, 5.41) is 9.93. The van der Waals surface area contributed by atoms with Gasteiger partial charge in [0.25, 0.3) is 0 Å². The molecule has 0 saturated heterocycles. The molecule has 0 spiro atoms. The van der Waals surface area contributed by atoms with Crippen LogP contribution in [0, 0.1) is 0 Å². The van der Waals surface area contributed by atoms with Crippen LogP contribution < -0.4 is 5.32 Å². The molecule has 0 rings (SSSR count). The molecule has 0 atom stereocenters. The van der Waals surface area contributed by atoms with Crippen LogP contribution in [-0.2, 0) is 9.53 Å². The maximum atomic E-state index is 10.9. The van der Waals surface area contributed by atoms with E-state index in [1.165, 1.54) is 0 Å². The second kappa shape index (κ2) is 3.94. The number of hydrogen-bond acceptors (Lipinski definition) is 3. The molecule has 0 heterocycles. The zero-order valence-electron chi connectivity index (χ0n) is 9.17. The summed E-state index contributed by atoms with van der Waals surface area (Å²) in [6.07, 6.45) is -1.11. The van der Waals surface area contributed by atoms with Crippen LogP contribution in [0.3, 0.4) is 0 Å². The van der Waals surface area contributed by atoms with Crippen LogP contribution in [0.25, 0.3) is 0 Å². The normalized spacial score (nSPS) is 14.2. The molecule has 2 N–H and O–H groups in total. The molecule has 0 bridgehead atoms. The summed E-state index contributed by atoms with van der Waals surface area (Å²) in [5.74, 6) is -1.77. The van der Waals surface area contributed by atoms with E-state index in [4.69, 9.17) is 7.85 Å². The lowest BCUT2D eigenvalue weighted by molar-refractivity contribution is -0.136. The van der Waals surface area contributed by atoms with E-state index in [0.717, 1.165) is 0 Å². The number of ether oxygens (including phenoxy) is 1. The highest BCUT2D eigenvalue weighted by molar-refractivity contribution is 5.76. The average Bonchev–Trinajstić information content (AvgIpc) is 1.79. The Bertz CT molecular complexity index is 247. The Morgan fingerprint density at radius 3 is 2.42 bits per heavy atom. The van der Waals surface area contributed by atoms with Crippen LogP contribution in [0.1, 0.15) is 23.5 Å². The Morgan fingerprint density at radius 1 is 1.58 bits per heavy atom. The lowest BCUT2D eigenvalue weighted by Crippen LogP contribution is -2.35. The topological polar surface area (TPSA) is 75.6 Å². The number of carboxylic acid groups (broad SMARTS) is 1. The molecule has 0 saturated carbocycles. The van der Waals surface area contributed by atoms with E-state index in [0.29, 0.717) is 0 Å². The third kappa shape index (κ3) is 6.85. The number of rotatable bonds is 2. The van der Waals surface area contributed by atoms with E-state index in [9.17, 15) is 9.59 Å². The van der Waals surface area contributed by atoms with E-state index in [2.05, 4.69) is 4.74 Å². The second-order valence-electron chi connectivity index (χ2n) is 3.06. The Labute approximate surface area is 73.5 Å². The van der Waals surface area contributed by atoms with E-state index >= 15 is 0 Å². The summed E-state index contributed by atoms with van der Waals surface area (Å²) in [7, 11) is 0. The fraction of sp³-hybridized carbons (Fsp3) is 0.714. The van der Waals surface area contributed by atoms with Gasteiger partial charge in [-0.3, -0.25) is 4.79 Å². The third-order valence-electron chi connectivity index (χ3n) is 0.670. The van der Waals surface area contributed by atoms with Crippen LogP contribution in [0.2, 0.25) is 0 Å². The number of carbonyl (C=O) groups excluding carboxylic acids is 1. The number of alkyl carbamates (subject to hydrolysis) is 1. The van der Waals surface area contributed by atoms with Gasteiger partial charge in [-0.1, -0.05) is 0 Å². The predicted molar refractivity (Wildman–Crippen MR) is 41.9 cm³/mol. The van der Waals surface area contributed by atoms with Crippen LogP contribution in [-0.4, -0.2) is 29.3 Å². The first kappa shape index (κ1) is 7.39. The third-order valence-corrected chi connectivity index (χ3v) is 0.670. The minimum atomic E-state index is -2.82. The van der Waals surface area contributed by atoms with Crippen LogP contribution in [0.4, 0.5) is 4.79 Å². The van der Waals surface area contributed by atoms with Gasteiger partial charge < -0.3 is 15.2 Å². The molecular formula is C7H13NO4. The highest BCUT2D eigenvalue weighted by Gasteiger charge is 2.15. The molecule has 12 heavy (non-hydrogen) atoms. The monoisotopic (exact) mass is 177 g/mol. The largest absolute Gasteiger partial charge is 0.480 e. The molecule has 5 nitrogen and oxygen atoms in total. The molecule has 0 aromatic rings. The standard InChI is InChI=1S/C7H13NO4/c1-7(2,3)12-6(11)8-4-5(9)10/h4H2,1-3H3,(H,8,11)(H,9,10)/i4D2. The van der Waals surface area contributed by atoms with Gasteiger partial charge in [-0.25, -0.2) is 4.79 Å². The Balaban J connectivity index is 4.27. The van der Waals surface area contributed by atoms with Crippen LogP contribution >= 0.6 is 0 Å². The molecule has 0 aliphatic carbocycles. The fourth-order valence-corrected chi connectivity index (χ4v) is 0.408. The first-order valence-corrected chi connectivity index (χ1v) is 3.29. The quantitative estimate of drug-likeness (QED) is 0.647. The van der Waals surface area contributed by atoms with Gasteiger partial charge in [0, 0.05) is 0 Å². The van der Waals surface area contributed by atoms with Crippen molar-refractivity contribution in [2.45, 2.75) is 26.4 Å². The van der Waals surface area contributed by atoms with Gasteiger partial charge in [0.2, 0.25) is 0 Å². The maximum Gasteiger partial charge on any atom is 0.408 e. The molecule has 0 unspecified atom stereocenters. The van der Waals surface area contributed by atoms with E-state index in [1.54, 1.807) is 26.1 Å². The number of aliphatic carboxylic acids is 1. The van der Waals surface area contributed by atoms with Gasteiger partial charge in [-0.2, -0.15) is 0 Å². The molecule has 0 radical (unpaired) electrons.